The molecule has 0 spiro atoms. The molecule has 0 aliphatic carbocycles. The van der Waals surface area contributed by atoms with Crippen molar-refractivity contribution >= 4 is 11.6 Å². The molecule has 0 radical (unpaired) electrons. The maximum Gasteiger partial charge on any atom is 0.148 e. The van der Waals surface area contributed by atoms with Crippen molar-refractivity contribution in [1.29, 1.82) is 0 Å². The van der Waals surface area contributed by atoms with Crippen LogP contribution in [0, 0.1) is 12.8 Å². The quantitative estimate of drug-likeness (QED) is 0.423. The first-order valence-electron chi connectivity index (χ1n) is 7.35. The smallest absolute Gasteiger partial charge is 0.148 e. The molecule has 0 aliphatic rings. The molecule has 0 atom stereocenters. The van der Waals surface area contributed by atoms with Gasteiger partial charge in [0.05, 0.1) is 0 Å². The van der Waals surface area contributed by atoms with Crippen molar-refractivity contribution in [1.82, 2.24) is 9.97 Å². The van der Waals surface area contributed by atoms with Gasteiger partial charge in [0, 0.05) is 17.5 Å². The summed E-state index contributed by atoms with van der Waals surface area (Å²) in [7, 11) is 0. The third-order valence-electron chi connectivity index (χ3n) is 3.20. The fourth-order valence-electron chi connectivity index (χ4n) is 1.88. The predicted octanol–water partition coefficient (Wildman–Crippen LogP) is 3.22. The molecule has 0 aromatic carbocycles. The molecule has 1 heterocycles. The van der Waals surface area contributed by atoms with Gasteiger partial charge in [0.2, 0.25) is 0 Å². The molecule has 4 N–H and O–H groups in total. The second kappa shape index (κ2) is 6.88. The molecule has 0 aliphatic heterocycles. The monoisotopic (exact) mass is 279 g/mol. The molecular weight excluding hydrogens is 250 g/mol. The number of nitrogen functional groups attached to an aromatic ring is 1. The van der Waals surface area contributed by atoms with Crippen LogP contribution in [-0.2, 0) is 5.41 Å². The Morgan fingerprint density at radius 3 is 2.25 bits per heavy atom. The molecule has 1 aromatic rings. The second-order valence-electron chi connectivity index (χ2n) is 6.73. The summed E-state index contributed by atoms with van der Waals surface area (Å²) in [5, 5.41) is 3.41. The number of rotatable bonds is 6. The van der Waals surface area contributed by atoms with Crippen molar-refractivity contribution in [3.8, 4) is 0 Å². The SMILES string of the molecule is Cc1c(NN)nc(C(C)(C)C)nc1NCCCC(C)C. The first-order chi connectivity index (χ1) is 9.25. The van der Waals surface area contributed by atoms with Crippen molar-refractivity contribution < 1.29 is 0 Å². The summed E-state index contributed by atoms with van der Waals surface area (Å²) >= 11 is 0. The minimum atomic E-state index is -0.104. The molecule has 20 heavy (non-hydrogen) atoms. The Balaban J connectivity index is 2.88. The van der Waals surface area contributed by atoms with E-state index in [0.717, 1.165) is 36.1 Å². The normalized spacial score (nSPS) is 11.8. The van der Waals surface area contributed by atoms with E-state index in [0.29, 0.717) is 5.82 Å². The highest BCUT2D eigenvalue weighted by molar-refractivity contribution is 5.57. The van der Waals surface area contributed by atoms with Gasteiger partial charge >= 0.3 is 0 Å². The second-order valence-corrected chi connectivity index (χ2v) is 6.73. The van der Waals surface area contributed by atoms with Crippen LogP contribution in [-0.4, -0.2) is 16.5 Å². The van der Waals surface area contributed by atoms with E-state index in [4.69, 9.17) is 5.84 Å². The topological polar surface area (TPSA) is 75.9 Å². The molecule has 114 valence electrons. The summed E-state index contributed by atoms with van der Waals surface area (Å²) in [6, 6.07) is 0. The third-order valence-corrected chi connectivity index (χ3v) is 3.20. The lowest BCUT2D eigenvalue weighted by Crippen LogP contribution is -2.21. The highest BCUT2D eigenvalue weighted by atomic mass is 15.3. The number of aromatic nitrogens is 2. The molecule has 1 rings (SSSR count). The summed E-state index contributed by atoms with van der Waals surface area (Å²) in [4.78, 5) is 9.14. The number of nitrogens with one attached hydrogen (secondary N) is 2. The van der Waals surface area contributed by atoms with Crippen molar-refractivity contribution in [3.63, 3.8) is 0 Å². The zero-order valence-electron chi connectivity index (χ0n) is 13.7. The van der Waals surface area contributed by atoms with Gasteiger partial charge in [-0.2, -0.15) is 0 Å². The number of hydrazine groups is 1. The maximum atomic E-state index is 5.56. The van der Waals surface area contributed by atoms with E-state index in [2.05, 4.69) is 55.3 Å². The molecule has 0 saturated carbocycles. The highest BCUT2D eigenvalue weighted by Gasteiger charge is 2.20. The van der Waals surface area contributed by atoms with Crippen molar-refractivity contribution in [2.75, 3.05) is 17.3 Å². The van der Waals surface area contributed by atoms with Gasteiger partial charge in [-0.15, -0.1) is 0 Å². The third kappa shape index (κ3) is 4.63. The van der Waals surface area contributed by atoms with Crippen LogP contribution in [0.1, 0.15) is 58.8 Å². The number of nitrogens with zero attached hydrogens (tertiary/aromatic N) is 2. The van der Waals surface area contributed by atoms with Crippen LogP contribution in [0.3, 0.4) is 0 Å². The minimum Gasteiger partial charge on any atom is -0.370 e. The van der Waals surface area contributed by atoms with Crippen LogP contribution in [0.4, 0.5) is 11.6 Å². The average Bonchev–Trinajstić information content (AvgIpc) is 2.34. The molecule has 0 bridgehead atoms. The Morgan fingerprint density at radius 1 is 1.15 bits per heavy atom. The van der Waals surface area contributed by atoms with Crippen molar-refractivity contribution in [2.45, 2.75) is 59.8 Å². The summed E-state index contributed by atoms with van der Waals surface area (Å²) in [6.07, 6.45) is 2.35. The van der Waals surface area contributed by atoms with Gasteiger partial charge in [-0.3, -0.25) is 0 Å². The first-order valence-corrected chi connectivity index (χ1v) is 7.35. The fourth-order valence-corrected chi connectivity index (χ4v) is 1.88. The Hall–Kier alpha value is -1.36. The van der Waals surface area contributed by atoms with Gasteiger partial charge in [0.15, 0.2) is 0 Å². The van der Waals surface area contributed by atoms with Gasteiger partial charge in [-0.05, 0) is 25.7 Å². The molecule has 5 nitrogen and oxygen atoms in total. The van der Waals surface area contributed by atoms with Crippen molar-refractivity contribution in [2.24, 2.45) is 11.8 Å². The zero-order valence-corrected chi connectivity index (χ0v) is 13.7. The summed E-state index contributed by atoms with van der Waals surface area (Å²) in [5.41, 5.74) is 3.53. The first kappa shape index (κ1) is 16.7. The lowest BCUT2D eigenvalue weighted by atomic mass is 9.95. The lowest BCUT2D eigenvalue weighted by molar-refractivity contribution is 0.545. The lowest BCUT2D eigenvalue weighted by Gasteiger charge is -2.20. The van der Waals surface area contributed by atoms with Gasteiger partial charge in [-0.1, -0.05) is 34.6 Å². The Labute approximate surface area is 122 Å². The van der Waals surface area contributed by atoms with Gasteiger partial charge in [-0.25, -0.2) is 15.8 Å². The van der Waals surface area contributed by atoms with Crippen LogP contribution in [0.15, 0.2) is 0 Å². The van der Waals surface area contributed by atoms with Crippen LogP contribution < -0.4 is 16.6 Å². The van der Waals surface area contributed by atoms with E-state index in [1.165, 1.54) is 6.42 Å². The minimum absolute atomic E-state index is 0.104. The number of hydrogen-bond acceptors (Lipinski definition) is 5. The number of anilines is 2. The molecule has 1 aromatic heterocycles. The maximum absolute atomic E-state index is 5.56. The molecule has 0 amide bonds. The van der Waals surface area contributed by atoms with Gasteiger partial charge < -0.3 is 10.7 Å². The van der Waals surface area contributed by atoms with Crippen LogP contribution >= 0.6 is 0 Å². The highest BCUT2D eigenvalue weighted by Crippen LogP contribution is 2.25. The van der Waals surface area contributed by atoms with E-state index >= 15 is 0 Å². The molecular formula is C15H29N5. The van der Waals surface area contributed by atoms with Gasteiger partial charge in [0.1, 0.15) is 17.5 Å². The van der Waals surface area contributed by atoms with E-state index in [-0.39, 0.29) is 5.41 Å². The van der Waals surface area contributed by atoms with E-state index in [1.807, 2.05) is 6.92 Å². The number of nitrogens with two attached hydrogens (primary N) is 1. The summed E-state index contributed by atoms with van der Waals surface area (Å²) in [5.74, 6) is 8.65. The van der Waals surface area contributed by atoms with E-state index in [9.17, 15) is 0 Å². The van der Waals surface area contributed by atoms with Crippen LogP contribution in [0.5, 0.6) is 0 Å². The Kier molecular flexibility index (Phi) is 5.74. The molecule has 0 unspecified atom stereocenters. The van der Waals surface area contributed by atoms with Gasteiger partial charge in [0.25, 0.3) is 0 Å². The molecule has 0 fully saturated rings. The number of hydrogen-bond donors (Lipinski definition) is 3. The van der Waals surface area contributed by atoms with Crippen LogP contribution in [0.2, 0.25) is 0 Å². The summed E-state index contributed by atoms with van der Waals surface area (Å²) < 4.78 is 0. The summed E-state index contributed by atoms with van der Waals surface area (Å²) in [6.45, 7) is 13.7. The largest absolute Gasteiger partial charge is 0.370 e. The zero-order chi connectivity index (χ0) is 15.3. The molecule has 0 saturated heterocycles. The van der Waals surface area contributed by atoms with Crippen molar-refractivity contribution in [3.05, 3.63) is 11.4 Å². The predicted molar refractivity (Wildman–Crippen MR) is 85.8 cm³/mol. The van der Waals surface area contributed by atoms with E-state index in [1.54, 1.807) is 0 Å². The Morgan fingerprint density at radius 2 is 1.75 bits per heavy atom. The standard InChI is InChI=1S/C15H29N5/c1-10(2)8-7-9-17-12-11(3)13(20-16)19-14(18-12)15(4,5)6/h10H,7-9,16H2,1-6H3,(H2,17,18,19,20). The van der Waals surface area contributed by atoms with E-state index < -0.39 is 0 Å². The molecule has 5 heteroatoms. The fraction of sp³-hybridized carbons (Fsp3) is 0.733. The van der Waals surface area contributed by atoms with Crippen LogP contribution in [0.25, 0.3) is 0 Å². The average molecular weight is 279 g/mol. The Bertz CT molecular complexity index is 435.